The highest BCUT2D eigenvalue weighted by Gasteiger charge is 2.15. The number of rotatable bonds is 6. The molecule has 0 aliphatic heterocycles. The van der Waals surface area contributed by atoms with E-state index < -0.39 is 9.84 Å². The van der Waals surface area contributed by atoms with Crippen molar-refractivity contribution >= 4 is 49.7 Å². The highest BCUT2D eigenvalue weighted by molar-refractivity contribution is 7.90. The molecule has 0 saturated heterocycles. The maximum Gasteiger partial charge on any atom is 0.175 e. The van der Waals surface area contributed by atoms with Crippen LogP contribution >= 0.6 is 11.6 Å². The lowest BCUT2D eigenvalue weighted by atomic mass is 10.2. The predicted molar refractivity (Wildman–Crippen MR) is 109 cm³/mol. The highest BCUT2D eigenvalue weighted by atomic mass is 35.5. The molecule has 0 unspecified atom stereocenters. The fourth-order valence-corrected chi connectivity index (χ4v) is 3.61. The molecular weight excluding hydrogens is 388 g/mol. The second-order valence-electron chi connectivity index (χ2n) is 6.47. The molecule has 0 bridgehead atoms. The standard InChI is InChI=1S/C18H21ClN4O3S/c1-10(2)21-14-8-16(23-18-17(14)12(19)9-20-18)22-13-6-5-11(27(4,24)25)7-15(13)26-3/h5-10H,1-4H3,(H3,20,21,22,23). The average molecular weight is 409 g/mol. The Morgan fingerprint density at radius 2 is 1.96 bits per heavy atom. The molecular formula is C18H21ClN4O3S. The van der Waals surface area contributed by atoms with Crippen molar-refractivity contribution in [3.8, 4) is 5.75 Å². The summed E-state index contributed by atoms with van der Waals surface area (Å²) in [4.78, 5) is 7.78. The summed E-state index contributed by atoms with van der Waals surface area (Å²) < 4.78 is 28.8. The molecule has 3 aromatic rings. The Labute approximate surface area is 163 Å². The number of anilines is 3. The number of methoxy groups -OCH3 is 1. The maximum atomic E-state index is 11.8. The van der Waals surface area contributed by atoms with Crippen LogP contribution in [0.15, 0.2) is 35.4 Å². The molecule has 0 radical (unpaired) electrons. The van der Waals surface area contributed by atoms with E-state index in [0.29, 0.717) is 27.9 Å². The van der Waals surface area contributed by atoms with Crippen LogP contribution in [0.2, 0.25) is 5.02 Å². The van der Waals surface area contributed by atoms with Gasteiger partial charge in [-0.3, -0.25) is 0 Å². The van der Waals surface area contributed by atoms with Gasteiger partial charge in [-0.1, -0.05) is 11.6 Å². The van der Waals surface area contributed by atoms with E-state index in [1.165, 1.54) is 19.2 Å². The molecule has 27 heavy (non-hydrogen) atoms. The van der Waals surface area contributed by atoms with Gasteiger partial charge in [0.15, 0.2) is 9.84 Å². The van der Waals surface area contributed by atoms with Crippen LogP contribution in [0.3, 0.4) is 0 Å². The first-order valence-electron chi connectivity index (χ1n) is 8.28. The molecule has 3 rings (SSSR count). The Morgan fingerprint density at radius 3 is 2.59 bits per heavy atom. The van der Waals surface area contributed by atoms with Gasteiger partial charge >= 0.3 is 0 Å². The van der Waals surface area contributed by atoms with Crippen molar-refractivity contribution in [2.45, 2.75) is 24.8 Å². The molecule has 0 atom stereocenters. The topological polar surface area (TPSA) is 96.1 Å². The van der Waals surface area contributed by atoms with Crippen molar-refractivity contribution in [3.63, 3.8) is 0 Å². The first kappa shape index (κ1) is 19.3. The van der Waals surface area contributed by atoms with Crippen molar-refractivity contribution in [2.24, 2.45) is 0 Å². The Balaban J connectivity index is 2.04. The molecule has 0 aliphatic rings. The van der Waals surface area contributed by atoms with Gasteiger partial charge in [0.2, 0.25) is 0 Å². The summed E-state index contributed by atoms with van der Waals surface area (Å²) in [5.41, 5.74) is 2.08. The van der Waals surface area contributed by atoms with E-state index in [-0.39, 0.29) is 10.9 Å². The van der Waals surface area contributed by atoms with Crippen LogP contribution in [-0.2, 0) is 9.84 Å². The zero-order valence-corrected chi connectivity index (χ0v) is 17.0. The number of fused-ring (bicyclic) bond motifs is 1. The first-order chi connectivity index (χ1) is 12.7. The smallest absolute Gasteiger partial charge is 0.175 e. The molecule has 0 saturated carbocycles. The number of halogens is 1. The summed E-state index contributed by atoms with van der Waals surface area (Å²) in [5, 5.41) is 7.95. The number of hydrogen-bond acceptors (Lipinski definition) is 6. The van der Waals surface area contributed by atoms with Crippen LogP contribution in [0.1, 0.15) is 13.8 Å². The summed E-state index contributed by atoms with van der Waals surface area (Å²) in [6.45, 7) is 4.07. The third-order valence-electron chi connectivity index (χ3n) is 3.90. The van der Waals surface area contributed by atoms with E-state index in [1.807, 2.05) is 19.9 Å². The van der Waals surface area contributed by atoms with E-state index >= 15 is 0 Å². The molecule has 9 heteroatoms. The molecule has 0 amide bonds. The lowest BCUT2D eigenvalue weighted by Gasteiger charge is -2.15. The average Bonchev–Trinajstić information content (AvgIpc) is 2.95. The number of nitrogens with one attached hydrogen (secondary N) is 3. The lowest BCUT2D eigenvalue weighted by Crippen LogP contribution is -2.10. The number of H-pyrrole nitrogens is 1. The molecule has 2 aromatic heterocycles. The van der Waals surface area contributed by atoms with Crippen molar-refractivity contribution < 1.29 is 13.2 Å². The molecule has 3 N–H and O–H groups in total. The monoisotopic (exact) mass is 408 g/mol. The van der Waals surface area contributed by atoms with Gasteiger partial charge in [-0.15, -0.1) is 0 Å². The third kappa shape index (κ3) is 4.12. The van der Waals surface area contributed by atoms with Gasteiger partial charge < -0.3 is 20.4 Å². The zero-order valence-electron chi connectivity index (χ0n) is 15.4. The molecule has 2 heterocycles. The van der Waals surface area contributed by atoms with Crippen LogP contribution in [-0.4, -0.2) is 37.8 Å². The van der Waals surface area contributed by atoms with E-state index in [9.17, 15) is 8.42 Å². The van der Waals surface area contributed by atoms with Crippen LogP contribution in [0.5, 0.6) is 5.75 Å². The quantitative estimate of drug-likeness (QED) is 0.565. The summed E-state index contributed by atoms with van der Waals surface area (Å²) in [7, 11) is -1.84. The summed E-state index contributed by atoms with van der Waals surface area (Å²) in [6.07, 6.45) is 2.85. The Kier molecular flexibility index (Phi) is 5.21. The largest absolute Gasteiger partial charge is 0.495 e. The predicted octanol–water partition coefficient (Wildman–Crippen LogP) is 4.19. The fraction of sp³-hybridized carbons (Fsp3) is 0.278. The van der Waals surface area contributed by atoms with Gasteiger partial charge in [0.25, 0.3) is 0 Å². The van der Waals surface area contributed by atoms with Crippen molar-refractivity contribution in [2.75, 3.05) is 24.0 Å². The lowest BCUT2D eigenvalue weighted by molar-refractivity contribution is 0.415. The van der Waals surface area contributed by atoms with Crippen LogP contribution in [0.25, 0.3) is 11.0 Å². The molecule has 0 fully saturated rings. The number of hydrogen-bond donors (Lipinski definition) is 3. The minimum Gasteiger partial charge on any atom is -0.495 e. The van der Waals surface area contributed by atoms with Gasteiger partial charge in [0.1, 0.15) is 17.2 Å². The van der Waals surface area contributed by atoms with Crippen molar-refractivity contribution in [3.05, 3.63) is 35.5 Å². The number of ether oxygens (including phenoxy) is 1. The first-order valence-corrected chi connectivity index (χ1v) is 10.5. The van der Waals surface area contributed by atoms with Crippen LogP contribution in [0, 0.1) is 0 Å². The van der Waals surface area contributed by atoms with Crippen LogP contribution < -0.4 is 15.4 Å². The molecule has 0 aliphatic carbocycles. The van der Waals surface area contributed by atoms with E-state index in [2.05, 4.69) is 20.6 Å². The second-order valence-corrected chi connectivity index (χ2v) is 8.90. The number of sulfone groups is 1. The number of benzene rings is 1. The van der Waals surface area contributed by atoms with Crippen LogP contribution in [0.4, 0.5) is 17.2 Å². The molecule has 0 spiro atoms. The minimum absolute atomic E-state index is 0.187. The number of aromatic amines is 1. The molecule has 7 nitrogen and oxygen atoms in total. The summed E-state index contributed by atoms with van der Waals surface area (Å²) in [5.74, 6) is 0.970. The van der Waals surface area contributed by atoms with E-state index in [1.54, 1.807) is 12.3 Å². The van der Waals surface area contributed by atoms with Gasteiger partial charge in [-0.25, -0.2) is 13.4 Å². The normalized spacial score (nSPS) is 11.8. The Hall–Kier alpha value is -2.45. The Morgan fingerprint density at radius 1 is 1.22 bits per heavy atom. The second kappa shape index (κ2) is 7.28. The zero-order chi connectivity index (χ0) is 19.8. The van der Waals surface area contributed by atoms with Gasteiger partial charge in [-0.2, -0.15) is 0 Å². The SMILES string of the molecule is COc1cc(S(C)(=O)=O)ccc1Nc1cc(NC(C)C)c2c(Cl)c[nH]c2n1. The van der Waals surface area contributed by atoms with Gasteiger partial charge in [0.05, 0.1) is 33.8 Å². The summed E-state index contributed by atoms with van der Waals surface area (Å²) in [6, 6.07) is 6.72. The van der Waals surface area contributed by atoms with Crippen molar-refractivity contribution in [1.82, 2.24) is 9.97 Å². The van der Waals surface area contributed by atoms with E-state index in [0.717, 1.165) is 17.3 Å². The van der Waals surface area contributed by atoms with Gasteiger partial charge in [-0.05, 0) is 26.0 Å². The number of aromatic nitrogens is 2. The summed E-state index contributed by atoms with van der Waals surface area (Å²) >= 11 is 6.27. The van der Waals surface area contributed by atoms with E-state index in [4.69, 9.17) is 16.3 Å². The molecule has 1 aromatic carbocycles. The third-order valence-corrected chi connectivity index (χ3v) is 5.31. The van der Waals surface area contributed by atoms with Gasteiger partial charge in [0, 0.05) is 30.6 Å². The van der Waals surface area contributed by atoms with Crippen molar-refractivity contribution in [1.29, 1.82) is 0 Å². The molecule has 144 valence electrons. The number of pyridine rings is 1. The highest BCUT2D eigenvalue weighted by Crippen LogP contribution is 2.35. The number of nitrogens with zero attached hydrogens (tertiary/aromatic N) is 1. The maximum absolute atomic E-state index is 11.8. The Bertz CT molecular complexity index is 1090. The fourth-order valence-electron chi connectivity index (χ4n) is 2.73. The minimum atomic E-state index is -3.32.